The van der Waals surface area contributed by atoms with Crippen molar-refractivity contribution in [2.45, 2.75) is 58.1 Å². The molecule has 0 bridgehead atoms. The van der Waals surface area contributed by atoms with Crippen LogP contribution >= 0.6 is 0 Å². The molecule has 1 saturated carbocycles. The Balaban J connectivity index is 1.39. The number of aromatic nitrogens is 3. The van der Waals surface area contributed by atoms with E-state index in [1.807, 2.05) is 39.0 Å². The molecule has 2 aliphatic rings. The molecule has 0 unspecified atom stereocenters. The Bertz CT molecular complexity index is 907. The predicted molar refractivity (Wildman–Crippen MR) is 109 cm³/mol. The van der Waals surface area contributed by atoms with E-state index in [4.69, 9.17) is 4.74 Å². The van der Waals surface area contributed by atoms with Crippen LogP contribution in [0, 0.1) is 5.92 Å². The average molecular weight is 400 g/mol. The highest BCUT2D eigenvalue weighted by Crippen LogP contribution is 2.30. The number of ether oxygens (including phenoxy) is 1. The van der Waals surface area contributed by atoms with E-state index in [1.165, 1.54) is 0 Å². The van der Waals surface area contributed by atoms with Gasteiger partial charge in [-0.15, -0.1) is 5.10 Å². The summed E-state index contributed by atoms with van der Waals surface area (Å²) >= 11 is 0. The van der Waals surface area contributed by atoms with Crippen molar-refractivity contribution in [2.75, 3.05) is 23.3 Å². The van der Waals surface area contributed by atoms with Gasteiger partial charge in [-0.2, -0.15) is 9.50 Å². The van der Waals surface area contributed by atoms with Gasteiger partial charge in [0.15, 0.2) is 5.65 Å². The maximum Gasteiger partial charge on any atom is 0.407 e. The van der Waals surface area contributed by atoms with Crippen LogP contribution in [0.5, 0.6) is 0 Å². The van der Waals surface area contributed by atoms with Crippen LogP contribution in [0.15, 0.2) is 18.2 Å². The van der Waals surface area contributed by atoms with Crippen molar-refractivity contribution in [2.24, 2.45) is 5.92 Å². The molecule has 9 heteroatoms. The molecule has 2 fully saturated rings. The summed E-state index contributed by atoms with van der Waals surface area (Å²) in [5.74, 6) is 1.38. The maximum atomic E-state index is 12.0. The average Bonchev–Trinajstić information content (AvgIpc) is 3.41. The summed E-state index contributed by atoms with van der Waals surface area (Å²) in [5.41, 5.74) is 0.197. The van der Waals surface area contributed by atoms with Crippen LogP contribution in [0.25, 0.3) is 5.65 Å². The minimum Gasteiger partial charge on any atom is -0.444 e. The van der Waals surface area contributed by atoms with Crippen molar-refractivity contribution >= 4 is 29.4 Å². The third-order valence-electron chi connectivity index (χ3n) is 5.06. The summed E-state index contributed by atoms with van der Waals surface area (Å²) < 4.78 is 7.11. The Morgan fingerprint density at radius 1 is 1.14 bits per heavy atom. The first-order valence-corrected chi connectivity index (χ1v) is 10.2. The number of nitrogens with one attached hydrogen (secondary N) is 2. The lowest BCUT2D eigenvalue weighted by Gasteiger charge is -2.34. The monoisotopic (exact) mass is 400 g/mol. The van der Waals surface area contributed by atoms with E-state index in [0.717, 1.165) is 44.6 Å². The van der Waals surface area contributed by atoms with Gasteiger partial charge in [-0.3, -0.25) is 10.1 Å². The number of hydrogen-bond acceptors (Lipinski definition) is 6. The fourth-order valence-corrected chi connectivity index (χ4v) is 3.47. The van der Waals surface area contributed by atoms with Crippen molar-refractivity contribution in [1.82, 2.24) is 19.9 Å². The van der Waals surface area contributed by atoms with Gasteiger partial charge in [0.2, 0.25) is 11.9 Å². The summed E-state index contributed by atoms with van der Waals surface area (Å²) in [6.45, 7) is 7.13. The zero-order chi connectivity index (χ0) is 20.6. The third-order valence-corrected chi connectivity index (χ3v) is 5.06. The lowest BCUT2D eigenvalue weighted by Crippen LogP contribution is -2.46. The number of anilines is 2. The lowest BCUT2D eigenvalue weighted by molar-refractivity contribution is -0.117. The van der Waals surface area contributed by atoms with Crippen LogP contribution < -0.4 is 15.5 Å². The number of pyridine rings is 1. The highest BCUT2D eigenvalue weighted by atomic mass is 16.6. The van der Waals surface area contributed by atoms with Gasteiger partial charge in [-0.1, -0.05) is 6.07 Å². The van der Waals surface area contributed by atoms with Gasteiger partial charge in [-0.25, -0.2) is 4.79 Å². The second-order valence-electron chi connectivity index (χ2n) is 8.76. The number of carbonyl (C=O) groups is 2. The van der Waals surface area contributed by atoms with Crippen LogP contribution in [0.3, 0.4) is 0 Å². The Hall–Kier alpha value is -2.84. The summed E-state index contributed by atoms with van der Waals surface area (Å²) in [6, 6.07) is 5.90. The molecule has 0 spiro atoms. The normalized spacial score (nSPS) is 18.0. The minimum absolute atomic E-state index is 0.00325. The van der Waals surface area contributed by atoms with Crippen LogP contribution in [0.1, 0.15) is 46.5 Å². The number of fused-ring (bicyclic) bond motifs is 1. The molecule has 3 heterocycles. The molecule has 1 saturated heterocycles. The predicted octanol–water partition coefficient (Wildman–Crippen LogP) is 2.57. The standard InChI is InChI=1S/C20H28N6O3/c1-20(2,3)29-19(28)21-14-9-11-25(12-10-14)16-6-4-5-15-22-18(24-26(15)16)23-17(27)13-7-8-13/h4-6,13-14H,7-12H2,1-3H3,(H,21,28)(H,23,24,27). The largest absolute Gasteiger partial charge is 0.444 e. The first-order valence-electron chi connectivity index (χ1n) is 10.2. The number of hydrogen-bond donors (Lipinski definition) is 2. The lowest BCUT2D eigenvalue weighted by atomic mass is 10.1. The van der Waals surface area contributed by atoms with Crippen LogP contribution in [0.2, 0.25) is 0 Å². The van der Waals surface area contributed by atoms with Crippen LogP contribution in [-0.4, -0.2) is 51.3 Å². The Kier molecular flexibility index (Phi) is 5.06. The van der Waals surface area contributed by atoms with Gasteiger partial charge in [0, 0.05) is 25.0 Å². The van der Waals surface area contributed by atoms with E-state index in [-0.39, 0.29) is 24.0 Å². The Morgan fingerprint density at radius 3 is 2.52 bits per heavy atom. The van der Waals surface area contributed by atoms with Crippen molar-refractivity contribution in [3.05, 3.63) is 18.2 Å². The second-order valence-corrected chi connectivity index (χ2v) is 8.76. The summed E-state index contributed by atoms with van der Waals surface area (Å²) in [5, 5.41) is 10.3. The number of nitrogens with zero attached hydrogens (tertiary/aromatic N) is 4. The zero-order valence-corrected chi connectivity index (χ0v) is 17.1. The SMILES string of the molecule is CC(C)(C)OC(=O)NC1CCN(c2cccc3nc(NC(=O)C4CC4)nn23)CC1. The molecule has 4 rings (SSSR count). The van der Waals surface area contributed by atoms with Gasteiger partial charge >= 0.3 is 6.09 Å². The van der Waals surface area contributed by atoms with E-state index in [9.17, 15) is 9.59 Å². The molecule has 0 radical (unpaired) electrons. The second kappa shape index (κ2) is 7.53. The van der Waals surface area contributed by atoms with E-state index in [2.05, 4.69) is 25.6 Å². The number of alkyl carbamates (subject to hydrolysis) is 1. The summed E-state index contributed by atoms with van der Waals surface area (Å²) in [6.07, 6.45) is 3.14. The maximum absolute atomic E-state index is 12.0. The topological polar surface area (TPSA) is 101 Å². The van der Waals surface area contributed by atoms with E-state index >= 15 is 0 Å². The molecule has 2 aromatic heterocycles. The van der Waals surface area contributed by atoms with Gasteiger partial charge in [0.05, 0.1) is 0 Å². The fourth-order valence-electron chi connectivity index (χ4n) is 3.47. The molecule has 1 aliphatic carbocycles. The molecule has 9 nitrogen and oxygen atoms in total. The minimum atomic E-state index is -0.500. The zero-order valence-electron chi connectivity index (χ0n) is 17.1. The van der Waals surface area contributed by atoms with Crippen LogP contribution in [0.4, 0.5) is 16.6 Å². The number of piperidine rings is 1. The highest BCUT2D eigenvalue weighted by Gasteiger charge is 2.30. The van der Waals surface area contributed by atoms with E-state index in [1.54, 1.807) is 4.52 Å². The smallest absolute Gasteiger partial charge is 0.407 e. The molecule has 2 aromatic rings. The molecule has 2 amide bonds. The number of rotatable bonds is 4. The van der Waals surface area contributed by atoms with Gasteiger partial charge < -0.3 is 15.0 Å². The molecule has 0 aromatic carbocycles. The molecule has 0 atom stereocenters. The molecular weight excluding hydrogens is 372 g/mol. The fraction of sp³-hybridized carbons (Fsp3) is 0.600. The molecule has 156 valence electrons. The quantitative estimate of drug-likeness (QED) is 0.818. The first kappa shape index (κ1) is 19.5. The van der Waals surface area contributed by atoms with Gasteiger partial charge in [0.25, 0.3) is 0 Å². The number of amides is 2. The van der Waals surface area contributed by atoms with Gasteiger partial charge in [0.1, 0.15) is 11.4 Å². The van der Waals surface area contributed by atoms with E-state index in [0.29, 0.717) is 11.6 Å². The van der Waals surface area contributed by atoms with Crippen molar-refractivity contribution < 1.29 is 14.3 Å². The van der Waals surface area contributed by atoms with Crippen molar-refractivity contribution in [1.29, 1.82) is 0 Å². The van der Waals surface area contributed by atoms with Crippen molar-refractivity contribution in [3.8, 4) is 0 Å². The highest BCUT2D eigenvalue weighted by molar-refractivity contribution is 5.92. The third kappa shape index (κ3) is 4.78. The first-order chi connectivity index (χ1) is 13.8. The molecular formula is C20H28N6O3. The summed E-state index contributed by atoms with van der Waals surface area (Å²) in [4.78, 5) is 30.6. The van der Waals surface area contributed by atoms with Gasteiger partial charge in [-0.05, 0) is 58.6 Å². The van der Waals surface area contributed by atoms with Crippen molar-refractivity contribution in [3.63, 3.8) is 0 Å². The molecule has 1 aliphatic heterocycles. The Morgan fingerprint density at radius 2 is 1.86 bits per heavy atom. The van der Waals surface area contributed by atoms with Crippen LogP contribution in [-0.2, 0) is 9.53 Å². The Labute approximate surface area is 169 Å². The molecule has 29 heavy (non-hydrogen) atoms. The summed E-state index contributed by atoms with van der Waals surface area (Å²) in [7, 11) is 0. The molecule has 2 N–H and O–H groups in total. The van der Waals surface area contributed by atoms with E-state index < -0.39 is 5.60 Å². The number of carbonyl (C=O) groups excluding carboxylic acids is 2.